The third-order valence-electron chi connectivity index (χ3n) is 2.84. The Hall–Kier alpha value is -2.67. The second-order valence-corrected chi connectivity index (χ2v) is 4.09. The number of aryl methyl sites for hydroxylation is 1. The molecule has 0 atom stereocenters. The van der Waals surface area contributed by atoms with E-state index in [1.54, 1.807) is 16.9 Å². The first-order chi connectivity index (χ1) is 8.78. The van der Waals surface area contributed by atoms with Gasteiger partial charge in [0.2, 0.25) is 0 Å². The number of benzene rings is 2. The molecule has 0 saturated heterocycles. The maximum Gasteiger partial charge on any atom is 0.113 e. The van der Waals surface area contributed by atoms with Gasteiger partial charge in [-0.05, 0) is 36.8 Å². The summed E-state index contributed by atoms with van der Waals surface area (Å²) in [5.74, 6) is 0. The molecule has 4 heteroatoms. The van der Waals surface area contributed by atoms with Crippen LogP contribution in [0.3, 0.4) is 0 Å². The zero-order valence-electron chi connectivity index (χ0n) is 9.83. The first kappa shape index (κ1) is 10.5. The highest BCUT2D eigenvalue weighted by Crippen LogP contribution is 2.16. The van der Waals surface area contributed by atoms with Crippen molar-refractivity contribution in [3.8, 4) is 11.8 Å². The lowest BCUT2D eigenvalue weighted by Crippen LogP contribution is -2.01. The Morgan fingerprint density at radius 2 is 1.72 bits per heavy atom. The molecule has 18 heavy (non-hydrogen) atoms. The number of hydrogen-bond acceptors (Lipinski definition) is 3. The molecule has 0 N–H and O–H groups in total. The average molecular weight is 234 g/mol. The smallest absolute Gasteiger partial charge is 0.113 e. The first-order valence-electron chi connectivity index (χ1n) is 5.61. The van der Waals surface area contributed by atoms with E-state index in [9.17, 15) is 0 Å². The molecule has 0 aliphatic carbocycles. The zero-order valence-corrected chi connectivity index (χ0v) is 9.83. The zero-order chi connectivity index (χ0) is 12.5. The lowest BCUT2D eigenvalue weighted by Gasteiger charge is -2.03. The van der Waals surface area contributed by atoms with Gasteiger partial charge in [-0.1, -0.05) is 18.2 Å². The monoisotopic (exact) mass is 234 g/mol. The Morgan fingerprint density at radius 1 is 1.06 bits per heavy atom. The van der Waals surface area contributed by atoms with E-state index in [0.717, 1.165) is 22.3 Å². The average Bonchev–Trinajstić information content (AvgIpc) is 2.82. The SMILES string of the molecule is Cc1ccc(C#N)cc1-n1nc2ccccc2n1. The van der Waals surface area contributed by atoms with Crippen LogP contribution >= 0.6 is 0 Å². The Kier molecular flexibility index (Phi) is 2.31. The van der Waals surface area contributed by atoms with Gasteiger partial charge in [-0.25, -0.2) is 0 Å². The minimum absolute atomic E-state index is 0.608. The molecule has 0 aliphatic rings. The molecular weight excluding hydrogens is 224 g/mol. The molecule has 0 aliphatic heterocycles. The molecule has 1 heterocycles. The molecule has 3 rings (SSSR count). The summed E-state index contributed by atoms with van der Waals surface area (Å²) in [4.78, 5) is 1.58. The minimum Gasteiger partial charge on any atom is -0.192 e. The molecule has 3 aromatic rings. The van der Waals surface area contributed by atoms with Crippen LogP contribution in [0.25, 0.3) is 16.7 Å². The Balaban J connectivity index is 2.22. The molecule has 4 nitrogen and oxygen atoms in total. The number of fused-ring (bicyclic) bond motifs is 1. The second kappa shape index (κ2) is 3.97. The van der Waals surface area contributed by atoms with Gasteiger partial charge in [0.05, 0.1) is 17.3 Å². The molecule has 0 spiro atoms. The third-order valence-corrected chi connectivity index (χ3v) is 2.84. The molecule has 0 saturated carbocycles. The summed E-state index contributed by atoms with van der Waals surface area (Å²) >= 11 is 0. The fraction of sp³-hybridized carbons (Fsp3) is 0.0714. The highest BCUT2D eigenvalue weighted by atomic mass is 15.5. The summed E-state index contributed by atoms with van der Waals surface area (Å²) in [6, 6.07) is 15.3. The molecule has 86 valence electrons. The topological polar surface area (TPSA) is 54.5 Å². The molecule has 0 amide bonds. The van der Waals surface area contributed by atoms with Crippen molar-refractivity contribution in [3.63, 3.8) is 0 Å². The quantitative estimate of drug-likeness (QED) is 0.650. The predicted molar refractivity (Wildman–Crippen MR) is 68.3 cm³/mol. The highest BCUT2D eigenvalue weighted by Gasteiger charge is 2.07. The minimum atomic E-state index is 0.608. The fourth-order valence-corrected chi connectivity index (χ4v) is 1.86. The van der Waals surface area contributed by atoms with Crippen LogP contribution in [-0.2, 0) is 0 Å². The van der Waals surface area contributed by atoms with E-state index in [0.29, 0.717) is 5.56 Å². The van der Waals surface area contributed by atoms with Crippen molar-refractivity contribution in [2.75, 3.05) is 0 Å². The van der Waals surface area contributed by atoms with Crippen molar-refractivity contribution in [2.24, 2.45) is 0 Å². The van der Waals surface area contributed by atoms with Crippen LogP contribution in [0.4, 0.5) is 0 Å². The number of rotatable bonds is 1. The van der Waals surface area contributed by atoms with Crippen molar-refractivity contribution < 1.29 is 0 Å². The van der Waals surface area contributed by atoms with Crippen LogP contribution in [0, 0.1) is 18.3 Å². The summed E-state index contributed by atoms with van der Waals surface area (Å²) in [7, 11) is 0. The van der Waals surface area contributed by atoms with Crippen LogP contribution in [0.15, 0.2) is 42.5 Å². The second-order valence-electron chi connectivity index (χ2n) is 4.09. The van der Waals surface area contributed by atoms with Crippen molar-refractivity contribution >= 4 is 11.0 Å². The van der Waals surface area contributed by atoms with E-state index in [4.69, 9.17) is 5.26 Å². The largest absolute Gasteiger partial charge is 0.192 e. The van der Waals surface area contributed by atoms with Crippen molar-refractivity contribution in [3.05, 3.63) is 53.6 Å². The summed E-state index contributed by atoms with van der Waals surface area (Å²) in [6.45, 7) is 1.98. The normalized spacial score (nSPS) is 10.4. The molecule has 1 aromatic heterocycles. The van der Waals surface area contributed by atoms with Gasteiger partial charge in [0.1, 0.15) is 11.0 Å². The van der Waals surface area contributed by atoms with Crippen LogP contribution in [0.2, 0.25) is 0 Å². The molecule has 0 bridgehead atoms. The lowest BCUT2D eigenvalue weighted by atomic mass is 10.1. The number of hydrogen-bond donors (Lipinski definition) is 0. The summed E-state index contributed by atoms with van der Waals surface area (Å²) in [5, 5.41) is 17.8. The van der Waals surface area contributed by atoms with Crippen LogP contribution in [0.5, 0.6) is 0 Å². The van der Waals surface area contributed by atoms with Gasteiger partial charge in [-0.3, -0.25) is 0 Å². The van der Waals surface area contributed by atoms with E-state index < -0.39 is 0 Å². The van der Waals surface area contributed by atoms with Crippen molar-refractivity contribution in [2.45, 2.75) is 6.92 Å². The van der Waals surface area contributed by atoms with E-state index in [2.05, 4.69) is 16.3 Å². The third kappa shape index (κ3) is 1.62. The van der Waals surface area contributed by atoms with Gasteiger partial charge >= 0.3 is 0 Å². The van der Waals surface area contributed by atoms with Gasteiger partial charge in [-0.2, -0.15) is 10.1 Å². The summed E-state index contributed by atoms with van der Waals surface area (Å²) in [5.41, 5.74) is 4.18. The molecule has 0 unspecified atom stereocenters. The van der Waals surface area contributed by atoms with Crippen molar-refractivity contribution in [1.29, 1.82) is 5.26 Å². The summed E-state index contributed by atoms with van der Waals surface area (Å²) in [6.07, 6.45) is 0. The van der Waals surface area contributed by atoms with E-state index in [1.165, 1.54) is 0 Å². The standard InChI is InChI=1S/C14H10N4/c1-10-6-7-11(9-15)8-14(10)18-16-12-4-2-3-5-13(12)17-18/h2-8H,1H3. The number of nitriles is 1. The van der Waals surface area contributed by atoms with Crippen LogP contribution < -0.4 is 0 Å². The van der Waals surface area contributed by atoms with Gasteiger partial charge in [0.15, 0.2) is 0 Å². The van der Waals surface area contributed by atoms with Gasteiger partial charge < -0.3 is 0 Å². The van der Waals surface area contributed by atoms with E-state index in [1.807, 2.05) is 37.3 Å². The Labute approximate surface area is 104 Å². The maximum absolute atomic E-state index is 8.94. The molecular formula is C14H10N4. The van der Waals surface area contributed by atoms with Crippen molar-refractivity contribution in [1.82, 2.24) is 15.0 Å². The molecule has 2 aromatic carbocycles. The number of aromatic nitrogens is 3. The van der Waals surface area contributed by atoms with Gasteiger partial charge in [-0.15, -0.1) is 10.2 Å². The first-order valence-corrected chi connectivity index (χ1v) is 5.61. The van der Waals surface area contributed by atoms with E-state index in [-0.39, 0.29) is 0 Å². The van der Waals surface area contributed by atoms with Gasteiger partial charge in [0, 0.05) is 0 Å². The summed E-state index contributed by atoms with van der Waals surface area (Å²) < 4.78 is 0. The maximum atomic E-state index is 8.94. The fourth-order valence-electron chi connectivity index (χ4n) is 1.86. The molecule has 0 fully saturated rings. The van der Waals surface area contributed by atoms with Crippen LogP contribution in [0.1, 0.15) is 11.1 Å². The highest BCUT2D eigenvalue weighted by molar-refractivity contribution is 5.73. The predicted octanol–water partition coefficient (Wildman–Crippen LogP) is 2.60. The van der Waals surface area contributed by atoms with Gasteiger partial charge in [0.25, 0.3) is 0 Å². The molecule has 0 radical (unpaired) electrons. The Morgan fingerprint density at radius 3 is 2.33 bits per heavy atom. The van der Waals surface area contributed by atoms with Crippen LogP contribution in [-0.4, -0.2) is 15.0 Å². The van der Waals surface area contributed by atoms with E-state index >= 15 is 0 Å². The Bertz CT molecular complexity index is 732. The lowest BCUT2D eigenvalue weighted by molar-refractivity contribution is 0.760. The number of nitrogens with zero attached hydrogens (tertiary/aromatic N) is 4.